The maximum atomic E-state index is 2.52. The lowest BCUT2D eigenvalue weighted by Gasteiger charge is -2.28. The highest BCUT2D eigenvalue weighted by molar-refractivity contribution is 6.12. The van der Waals surface area contributed by atoms with Gasteiger partial charge in [0, 0.05) is 38.8 Å². The minimum absolute atomic E-state index is 1.08. The van der Waals surface area contributed by atoms with Crippen molar-refractivity contribution >= 4 is 49.6 Å². The predicted octanol–water partition coefficient (Wildman–Crippen LogP) is 16.1. The van der Waals surface area contributed by atoms with Crippen LogP contribution in [0, 0.1) is 0 Å². The van der Waals surface area contributed by atoms with E-state index >= 15 is 0 Å². The Kier molecular flexibility index (Phi) is 8.87. The van der Waals surface area contributed by atoms with Gasteiger partial charge >= 0.3 is 0 Å². The number of anilines is 3. The molecule has 0 atom stereocenters. The summed E-state index contributed by atoms with van der Waals surface area (Å²) in [6.07, 6.45) is 0. The molecule has 2 nitrogen and oxygen atoms in total. The zero-order chi connectivity index (χ0) is 39.8. The molecular formula is C58H40N2. The van der Waals surface area contributed by atoms with Gasteiger partial charge in [-0.3, -0.25) is 0 Å². The third-order valence-electron chi connectivity index (χ3n) is 11.8. The van der Waals surface area contributed by atoms with Gasteiger partial charge in [-0.25, -0.2) is 0 Å². The van der Waals surface area contributed by atoms with Crippen molar-refractivity contribution in [2.45, 2.75) is 0 Å². The molecule has 10 aromatic carbocycles. The Morgan fingerprint density at radius 1 is 0.283 bits per heavy atom. The molecule has 11 aromatic rings. The summed E-state index contributed by atoms with van der Waals surface area (Å²) in [5.74, 6) is 0. The summed E-state index contributed by atoms with van der Waals surface area (Å²) in [6.45, 7) is 0. The predicted molar refractivity (Wildman–Crippen MR) is 255 cm³/mol. The van der Waals surface area contributed by atoms with Gasteiger partial charge in [0.1, 0.15) is 0 Å². The Balaban J connectivity index is 1.21. The number of benzene rings is 10. The van der Waals surface area contributed by atoms with Crippen LogP contribution < -0.4 is 4.90 Å². The molecule has 1 heterocycles. The zero-order valence-corrected chi connectivity index (χ0v) is 33.0. The van der Waals surface area contributed by atoms with Gasteiger partial charge in [0.25, 0.3) is 0 Å². The van der Waals surface area contributed by atoms with Gasteiger partial charge in [-0.05, 0) is 75.0 Å². The van der Waals surface area contributed by atoms with Crippen LogP contribution >= 0.6 is 0 Å². The van der Waals surface area contributed by atoms with E-state index in [1.165, 1.54) is 66.1 Å². The van der Waals surface area contributed by atoms with Crippen LogP contribution in [-0.4, -0.2) is 4.57 Å². The standard InChI is InChI=1S/C58H40N2/c1-4-18-41(19-5-1)42-34-36-46(37-35-42)59(55-32-14-12-27-49(55)44-20-6-2-7-21-44)47-38-39-53-52-28-13-15-33-56(52)60(57(53)40-47)58-50(45-22-8-3-9-23-45)29-17-31-54(58)51-30-16-25-43-24-10-11-26-48(43)51/h1-40H. The highest BCUT2D eigenvalue weighted by Crippen LogP contribution is 2.46. The van der Waals surface area contributed by atoms with E-state index in [9.17, 15) is 0 Å². The van der Waals surface area contributed by atoms with Crippen molar-refractivity contribution < 1.29 is 0 Å². The third kappa shape index (κ3) is 6.14. The second-order valence-corrected chi connectivity index (χ2v) is 15.3. The molecule has 0 spiro atoms. The largest absolute Gasteiger partial charge is 0.310 e. The molecule has 0 aliphatic carbocycles. The summed E-state index contributed by atoms with van der Waals surface area (Å²) in [4.78, 5) is 2.42. The first-order chi connectivity index (χ1) is 29.8. The van der Waals surface area contributed by atoms with Crippen LogP contribution in [0.5, 0.6) is 0 Å². The molecule has 0 aliphatic rings. The van der Waals surface area contributed by atoms with Crippen LogP contribution in [0.25, 0.3) is 82.8 Å². The van der Waals surface area contributed by atoms with Gasteiger partial charge in [-0.2, -0.15) is 0 Å². The molecule has 0 unspecified atom stereocenters. The molecule has 1 aromatic heterocycles. The summed E-state index contributed by atoms with van der Waals surface area (Å²) >= 11 is 0. The van der Waals surface area contributed by atoms with Crippen LogP contribution in [0.2, 0.25) is 0 Å². The van der Waals surface area contributed by atoms with E-state index in [2.05, 4.69) is 252 Å². The third-order valence-corrected chi connectivity index (χ3v) is 11.8. The molecule has 282 valence electrons. The fraction of sp³-hybridized carbons (Fsp3) is 0. The molecule has 0 aliphatic heterocycles. The molecule has 0 amide bonds. The highest BCUT2D eigenvalue weighted by atomic mass is 15.1. The van der Waals surface area contributed by atoms with Crippen molar-refractivity contribution in [3.05, 3.63) is 243 Å². The van der Waals surface area contributed by atoms with Crippen molar-refractivity contribution in [2.75, 3.05) is 4.90 Å². The quantitative estimate of drug-likeness (QED) is 0.150. The average Bonchev–Trinajstić information content (AvgIpc) is 3.66. The zero-order valence-electron chi connectivity index (χ0n) is 33.0. The van der Waals surface area contributed by atoms with E-state index in [1.54, 1.807) is 0 Å². The molecular weight excluding hydrogens is 725 g/mol. The smallest absolute Gasteiger partial charge is 0.0619 e. The summed E-state index contributed by atoms with van der Waals surface area (Å²) in [5, 5.41) is 4.88. The summed E-state index contributed by atoms with van der Waals surface area (Å²) in [7, 11) is 0. The van der Waals surface area contributed by atoms with Crippen LogP contribution in [-0.2, 0) is 0 Å². The van der Waals surface area contributed by atoms with Crippen molar-refractivity contribution in [1.29, 1.82) is 0 Å². The Hall–Kier alpha value is -7.94. The van der Waals surface area contributed by atoms with Crippen LogP contribution in [0.1, 0.15) is 0 Å². The van der Waals surface area contributed by atoms with Gasteiger partial charge in [0.05, 0.1) is 22.4 Å². The summed E-state index contributed by atoms with van der Waals surface area (Å²) in [6, 6.07) is 88.0. The number of hydrogen-bond acceptors (Lipinski definition) is 1. The number of nitrogens with zero attached hydrogens (tertiary/aromatic N) is 2. The lowest BCUT2D eigenvalue weighted by molar-refractivity contribution is 1.18. The normalized spacial score (nSPS) is 11.3. The van der Waals surface area contributed by atoms with Gasteiger partial charge in [0.15, 0.2) is 0 Å². The minimum Gasteiger partial charge on any atom is -0.310 e. The maximum Gasteiger partial charge on any atom is 0.0619 e. The Morgan fingerprint density at radius 2 is 0.783 bits per heavy atom. The Bertz CT molecular complexity index is 3290. The monoisotopic (exact) mass is 764 g/mol. The van der Waals surface area contributed by atoms with Gasteiger partial charge in [0.2, 0.25) is 0 Å². The van der Waals surface area contributed by atoms with E-state index in [4.69, 9.17) is 0 Å². The Labute approximate surface area is 350 Å². The Morgan fingerprint density at radius 3 is 1.55 bits per heavy atom. The molecule has 11 rings (SSSR count). The lowest BCUT2D eigenvalue weighted by atomic mass is 9.92. The van der Waals surface area contributed by atoms with Gasteiger partial charge in [-0.1, -0.05) is 206 Å². The number of rotatable bonds is 8. The summed E-state index contributed by atoms with van der Waals surface area (Å²) < 4.78 is 2.52. The minimum atomic E-state index is 1.08. The van der Waals surface area contributed by atoms with E-state index in [1.807, 2.05) is 0 Å². The van der Waals surface area contributed by atoms with Crippen molar-refractivity contribution in [1.82, 2.24) is 4.57 Å². The first-order valence-electron chi connectivity index (χ1n) is 20.6. The average molecular weight is 765 g/mol. The van der Waals surface area contributed by atoms with Gasteiger partial charge < -0.3 is 9.47 Å². The lowest BCUT2D eigenvalue weighted by Crippen LogP contribution is -2.11. The van der Waals surface area contributed by atoms with Gasteiger partial charge in [-0.15, -0.1) is 0 Å². The van der Waals surface area contributed by atoms with Crippen molar-refractivity contribution in [3.63, 3.8) is 0 Å². The second-order valence-electron chi connectivity index (χ2n) is 15.3. The molecule has 0 N–H and O–H groups in total. The van der Waals surface area contributed by atoms with E-state index < -0.39 is 0 Å². The number of fused-ring (bicyclic) bond motifs is 4. The topological polar surface area (TPSA) is 8.17 Å². The summed E-state index contributed by atoms with van der Waals surface area (Å²) in [5.41, 5.74) is 16.2. The maximum absolute atomic E-state index is 2.52. The SMILES string of the molecule is c1ccc(-c2ccc(N(c3ccc4c5ccccc5n(-c5c(-c6ccccc6)cccc5-c5cccc6ccccc56)c4c3)c3ccccc3-c3ccccc3)cc2)cc1. The van der Waals surface area contributed by atoms with Crippen molar-refractivity contribution in [3.8, 4) is 50.2 Å². The van der Waals surface area contributed by atoms with E-state index in [0.29, 0.717) is 0 Å². The fourth-order valence-corrected chi connectivity index (χ4v) is 9.04. The molecule has 0 saturated heterocycles. The van der Waals surface area contributed by atoms with Crippen molar-refractivity contribution in [2.24, 2.45) is 0 Å². The van der Waals surface area contributed by atoms with Crippen LogP contribution in [0.4, 0.5) is 17.1 Å². The molecule has 2 heteroatoms. The molecule has 0 bridgehead atoms. The molecule has 0 fully saturated rings. The second kappa shape index (κ2) is 15.1. The number of aromatic nitrogens is 1. The van der Waals surface area contributed by atoms with Crippen LogP contribution in [0.3, 0.4) is 0 Å². The first kappa shape index (κ1) is 35.2. The highest BCUT2D eigenvalue weighted by Gasteiger charge is 2.23. The van der Waals surface area contributed by atoms with Crippen LogP contribution in [0.15, 0.2) is 243 Å². The molecule has 0 radical (unpaired) electrons. The molecule has 60 heavy (non-hydrogen) atoms. The number of para-hydroxylation sites is 3. The molecule has 0 saturated carbocycles. The number of hydrogen-bond donors (Lipinski definition) is 0. The fourth-order valence-electron chi connectivity index (χ4n) is 9.04. The first-order valence-corrected chi connectivity index (χ1v) is 20.6. The van der Waals surface area contributed by atoms with E-state index in [-0.39, 0.29) is 0 Å². The van der Waals surface area contributed by atoms with E-state index in [0.717, 1.165) is 33.8 Å².